The topological polar surface area (TPSA) is 49.3 Å². The van der Waals surface area contributed by atoms with E-state index < -0.39 is 5.91 Å². The second-order valence-electron chi connectivity index (χ2n) is 3.91. The number of benzene rings is 2. The van der Waals surface area contributed by atoms with E-state index in [0.717, 1.165) is 5.56 Å². The van der Waals surface area contributed by atoms with Crippen molar-refractivity contribution in [3.8, 4) is 5.75 Å². The molecule has 0 saturated heterocycles. The largest absolute Gasteiger partial charge is 0.507 e. The fraction of sp³-hybridized carbons (Fsp3) is 0.0714. The van der Waals surface area contributed by atoms with Crippen LogP contribution in [-0.2, 0) is 5.33 Å². The third-order valence-electron chi connectivity index (χ3n) is 2.61. The molecule has 2 aromatic carbocycles. The van der Waals surface area contributed by atoms with Gasteiger partial charge in [-0.1, -0.05) is 45.7 Å². The Kier molecular flexibility index (Phi) is 4.45. The summed E-state index contributed by atoms with van der Waals surface area (Å²) in [5, 5.41) is 13.5. The lowest BCUT2D eigenvalue weighted by atomic mass is 10.1. The molecule has 0 aliphatic heterocycles. The van der Waals surface area contributed by atoms with Crippen molar-refractivity contribution in [2.75, 3.05) is 5.32 Å². The lowest BCUT2D eigenvalue weighted by Crippen LogP contribution is -2.13. The van der Waals surface area contributed by atoms with Crippen LogP contribution in [0.25, 0.3) is 0 Å². The molecule has 3 nitrogen and oxygen atoms in total. The number of halogens is 2. The lowest BCUT2D eigenvalue weighted by molar-refractivity contribution is 0.102. The second-order valence-corrected chi connectivity index (χ2v) is 4.90. The minimum Gasteiger partial charge on any atom is -0.507 e. The predicted molar refractivity (Wildman–Crippen MR) is 80.1 cm³/mol. The fourth-order valence-electron chi connectivity index (χ4n) is 1.64. The number of carbonyl (C=O) groups excluding carboxylic acids is 1. The van der Waals surface area contributed by atoms with Crippen molar-refractivity contribution in [3.63, 3.8) is 0 Å². The van der Waals surface area contributed by atoms with Gasteiger partial charge >= 0.3 is 0 Å². The van der Waals surface area contributed by atoms with Crippen LogP contribution in [0.5, 0.6) is 5.75 Å². The number of rotatable bonds is 3. The van der Waals surface area contributed by atoms with Gasteiger partial charge in [0.05, 0.1) is 5.56 Å². The number of phenolic OH excluding ortho intramolecular Hbond substituents is 1. The van der Waals surface area contributed by atoms with E-state index in [9.17, 15) is 9.90 Å². The molecule has 0 aliphatic rings. The van der Waals surface area contributed by atoms with E-state index >= 15 is 0 Å². The number of alkyl halides is 1. The van der Waals surface area contributed by atoms with Crippen molar-refractivity contribution < 1.29 is 9.90 Å². The Balaban J connectivity index is 2.28. The number of phenols is 1. The van der Waals surface area contributed by atoms with Crippen LogP contribution in [0.2, 0.25) is 5.02 Å². The zero-order valence-electron chi connectivity index (χ0n) is 9.86. The smallest absolute Gasteiger partial charge is 0.259 e. The maximum Gasteiger partial charge on any atom is 0.259 e. The molecule has 2 aromatic rings. The van der Waals surface area contributed by atoms with Crippen LogP contribution >= 0.6 is 27.5 Å². The summed E-state index contributed by atoms with van der Waals surface area (Å²) in [5.41, 5.74) is 1.80. The summed E-state index contributed by atoms with van der Waals surface area (Å²) in [6.45, 7) is 0. The first-order valence-corrected chi connectivity index (χ1v) is 7.05. The lowest BCUT2D eigenvalue weighted by Gasteiger charge is -2.10. The zero-order valence-corrected chi connectivity index (χ0v) is 12.2. The standard InChI is InChI=1S/C14H11BrClNO2/c15-8-9-3-1-2-4-12(9)17-14(19)11-7-10(16)5-6-13(11)18/h1-7,18H,8H2,(H,17,19). The summed E-state index contributed by atoms with van der Waals surface area (Å²) < 4.78 is 0. The SMILES string of the molecule is O=C(Nc1ccccc1CBr)c1cc(Cl)ccc1O. The summed E-state index contributed by atoms with van der Waals surface area (Å²) >= 11 is 9.18. The molecule has 0 fully saturated rings. The third-order valence-corrected chi connectivity index (χ3v) is 3.45. The number of amides is 1. The van der Waals surface area contributed by atoms with Gasteiger partial charge in [0.15, 0.2) is 0 Å². The van der Waals surface area contributed by atoms with Gasteiger partial charge in [-0.15, -0.1) is 0 Å². The molecule has 0 aromatic heterocycles. The Morgan fingerprint density at radius 2 is 2.00 bits per heavy atom. The summed E-state index contributed by atoms with van der Waals surface area (Å²) in [7, 11) is 0. The third kappa shape index (κ3) is 3.28. The normalized spacial score (nSPS) is 10.2. The van der Waals surface area contributed by atoms with Gasteiger partial charge in [0, 0.05) is 16.0 Å². The van der Waals surface area contributed by atoms with Crippen LogP contribution in [0.4, 0.5) is 5.69 Å². The number of para-hydroxylation sites is 1. The van der Waals surface area contributed by atoms with Gasteiger partial charge in [-0.05, 0) is 29.8 Å². The monoisotopic (exact) mass is 339 g/mol. The molecule has 0 aliphatic carbocycles. The van der Waals surface area contributed by atoms with Crippen molar-refractivity contribution in [1.29, 1.82) is 0 Å². The van der Waals surface area contributed by atoms with E-state index in [2.05, 4.69) is 21.2 Å². The molecule has 19 heavy (non-hydrogen) atoms. The van der Waals surface area contributed by atoms with Gasteiger partial charge in [0.25, 0.3) is 5.91 Å². The Morgan fingerprint density at radius 3 is 2.74 bits per heavy atom. The van der Waals surface area contributed by atoms with Gasteiger partial charge in [-0.25, -0.2) is 0 Å². The number of aromatic hydroxyl groups is 1. The van der Waals surface area contributed by atoms with Crippen molar-refractivity contribution in [1.82, 2.24) is 0 Å². The summed E-state index contributed by atoms with van der Waals surface area (Å²) in [5.74, 6) is -0.494. The van der Waals surface area contributed by atoms with Crippen LogP contribution < -0.4 is 5.32 Å². The van der Waals surface area contributed by atoms with E-state index in [1.54, 1.807) is 6.07 Å². The van der Waals surface area contributed by atoms with Crippen LogP contribution in [0.15, 0.2) is 42.5 Å². The zero-order chi connectivity index (χ0) is 13.8. The number of nitrogens with one attached hydrogen (secondary N) is 1. The molecule has 5 heteroatoms. The van der Waals surface area contributed by atoms with Crippen LogP contribution in [0, 0.1) is 0 Å². The highest BCUT2D eigenvalue weighted by atomic mass is 79.9. The van der Waals surface area contributed by atoms with Crippen LogP contribution in [0.1, 0.15) is 15.9 Å². The minimum absolute atomic E-state index is 0.0989. The van der Waals surface area contributed by atoms with Crippen molar-refractivity contribution in [2.24, 2.45) is 0 Å². The second kappa shape index (κ2) is 6.08. The molecular formula is C14H11BrClNO2. The van der Waals surface area contributed by atoms with Crippen molar-refractivity contribution >= 4 is 39.1 Å². The van der Waals surface area contributed by atoms with Crippen molar-refractivity contribution in [3.05, 3.63) is 58.6 Å². The van der Waals surface area contributed by atoms with E-state index in [0.29, 0.717) is 16.0 Å². The Morgan fingerprint density at radius 1 is 1.26 bits per heavy atom. The first-order chi connectivity index (χ1) is 9.11. The number of hydrogen-bond acceptors (Lipinski definition) is 2. The Hall–Kier alpha value is -1.52. The van der Waals surface area contributed by atoms with Crippen molar-refractivity contribution in [2.45, 2.75) is 5.33 Å². The maximum absolute atomic E-state index is 12.1. The van der Waals surface area contributed by atoms with E-state index in [-0.39, 0.29) is 11.3 Å². The molecule has 0 atom stereocenters. The minimum atomic E-state index is -0.395. The number of carbonyl (C=O) groups is 1. The van der Waals surface area contributed by atoms with E-state index in [1.807, 2.05) is 18.2 Å². The van der Waals surface area contributed by atoms with Crippen LogP contribution in [0.3, 0.4) is 0 Å². The molecule has 0 heterocycles. The summed E-state index contributed by atoms with van der Waals surface area (Å²) in [6, 6.07) is 11.8. The molecule has 0 bridgehead atoms. The molecule has 2 N–H and O–H groups in total. The summed E-state index contributed by atoms with van der Waals surface area (Å²) in [6.07, 6.45) is 0. The molecule has 98 valence electrons. The Labute approximate surface area is 124 Å². The highest BCUT2D eigenvalue weighted by Crippen LogP contribution is 2.24. The van der Waals surface area contributed by atoms with Gasteiger partial charge in [-0.2, -0.15) is 0 Å². The molecule has 2 rings (SSSR count). The molecule has 0 saturated carbocycles. The van der Waals surface area contributed by atoms with Gasteiger partial charge < -0.3 is 10.4 Å². The molecular weight excluding hydrogens is 330 g/mol. The maximum atomic E-state index is 12.1. The first kappa shape index (κ1) is 13.9. The van der Waals surface area contributed by atoms with Gasteiger partial charge in [0.1, 0.15) is 5.75 Å². The summed E-state index contributed by atoms with van der Waals surface area (Å²) in [4.78, 5) is 12.1. The van der Waals surface area contributed by atoms with Gasteiger partial charge in [0.2, 0.25) is 0 Å². The quantitative estimate of drug-likeness (QED) is 0.823. The average molecular weight is 341 g/mol. The number of hydrogen-bond donors (Lipinski definition) is 2. The molecule has 0 unspecified atom stereocenters. The predicted octanol–water partition coefficient (Wildman–Crippen LogP) is 4.19. The number of anilines is 1. The fourth-order valence-corrected chi connectivity index (χ4v) is 2.30. The van der Waals surface area contributed by atoms with E-state index in [1.165, 1.54) is 18.2 Å². The van der Waals surface area contributed by atoms with Crippen LogP contribution in [-0.4, -0.2) is 11.0 Å². The first-order valence-electron chi connectivity index (χ1n) is 5.55. The molecule has 1 amide bonds. The molecule has 0 radical (unpaired) electrons. The Bertz CT molecular complexity index is 616. The van der Waals surface area contributed by atoms with E-state index in [4.69, 9.17) is 11.6 Å². The molecule has 0 spiro atoms. The highest BCUT2D eigenvalue weighted by Gasteiger charge is 2.13. The highest BCUT2D eigenvalue weighted by molar-refractivity contribution is 9.08. The average Bonchev–Trinajstić information content (AvgIpc) is 2.42. The van der Waals surface area contributed by atoms with Gasteiger partial charge in [-0.3, -0.25) is 4.79 Å².